The molecular formula is C22H20O3. The minimum atomic E-state index is -0.0376. The first-order chi connectivity index (χ1) is 12.2. The molecule has 126 valence electrons. The smallest absolute Gasteiger partial charge is 0.200 e. The van der Waals surface area contributed by atoms with Gasteiger partial charge in [-0.05, 0) is 36.8 Å². The molecule has 0 heterocycles. The van der Waals surface area contributed by atoms with Crippen molar-refractivity contribution in [2.75, 3.05) is 6.61 Å². The van der Waals surface area contributed by atoms with Crippen LogP contribution in [-0.2, 0) is 6.61 Å². The third-order valence-electron chi connectivity index (χ3n) is 3.82. The Bertz CT molecular complexity index is 806. The minimum absolute atomic E-state index is 0.0211. The molecule has 0 saturated heterocycles. The maximum absolute atomic E-state index is 12.1. The number of aryl methyl sites for hydroxylation is 1. The second-order valence-electron chi connectivity index (χ2n) is 5.82. The Morgan fingerprint density at radius 1 is 0.760 bits per heavy atom. The van der Waals surface area contributed by atoms with Crippen LogP contribution in [0.25, 0.3) is 0 Å². The number of carbonyl (C=O) groups excluding carboxylic acids is 1. The number of hydrogen-bond donors (Lipinski definition) is 0. The Morgan fingerprint density at radius 2 is 1.36 bits per heavy atom. The third-order valence-corrected chi connectivity index (χ3v) is 3.82. The molecule has 0 N–H and O–H groups in total. The van der Waals surface area contributed by atoms with Gasteiger partial charge in [-0.3, -0.25) is 4.79 Å². The van der Waals surface area contributed by atoms with Gasteiger partial charge in [-0.2, -0.15) is 0 Å². The van der Waals surface area contributed by atoms with Crippen molar-refractivity contribution >= 4 is 5.78 Å². The molecule has 0 bridgehead atoms. The van der Waals surface area contributed by atoms with Crippen LogP contribution in [0.1, 0.15) is 21.5 Å². The normalized spacial score (nSPS) is 10.3. The van der Waals surface area contributed by atoms with Crippen molar-refractivity contribution in [2.45, 2.75) is 13.5 Å². The summed E-state index contributed by atoms with van der Waals surface area (Å²) in [6.07, 6.45) is 0. The van der Waals surface area contributed by atoms with E-state index in [9.17, 15) is 4.79 Å². The van der Waals surface area contributed by atoms with E-state index in [1.807, 2.05) is 85.8 Å². The first kappa shape index (κ1) is 16.8. The summed E-state index contributed by atoms with van der Waals surface area (Å²) in [6, 6.07) is 24.8. The molecule has 0 unspecified atom stereocenters. The van der Waals surface area contributed by atoms with E-state index >= 15 is 0 Å². The summed E-state index contributed by atoms with van der Waals surface area (Å²) < 4.78 is 11.3. The van der Waals surface area contributed by atoms with E-state index < -0.39 is 0 Å². The van der Waals surface area contributed by atoms with Crippen LogP contribution in [0.15, 0.2) is 78.9 Å². The molecule has 0 radical (unpaired) electrons. The first-order valence-electron chi connectivity index (χ1n) is 8.20. The van der Waals surface area contributed by atoms with Crippen LogP contribution in [0.5, 0.6) is 11.5 Å². The molecule has 3 aromatic rings. The van der Waals surface area contributed by atoms with Gasteiger partial charge in [-0.1, -0.05) is 60.2 Å². The Labute approximate surface area is 147 Å². The van der Waals surface area contributed by atoms with Gasteiger partial charge in [0, 0.05) is 5.56 Å². The average Bonchev–Trinajstić information content (AvgIpc) is 2.67. The van der Waals surface area contributed by atoms with E-state index in [1.54, 1.807) is 0 Å². The molecule has 0 fully saturated rings. The molecule has 3 heteroatoms. The van der Waals surface area contributed by atoms with E-state index in [2.05, 4.69) is 0 Å². The quantitative estimate of drug-likeness (QED) is 0.581. The molecule has 25 heavy (non-hydrogen) atoms. The SMILES string of the molecule is Cc1ccc(C(=O)COc2ccc(OCc3ccccc3)cc2)cc1. The maximum atomic E-state index is 12.1. The van der Waals surface area contributed by atoms with Crippen LogP contribution < -0.4 is 9.47 Å². The van der Waals surface area contributed by atoms with Crippen LogP contribution in [0, 0.1) is 6.92 Å². The van der Waals surface area contributed by atoms with Gasteiger partial charge in [0.2, 0.25) is 0 Å². The highest BCUT2D eigenvalue weighted by Crippen LogP contribution is 2.19. The second-order valence-corrected chi connectivity index (χ2v) is 5.82. The number of rotatable bonds is 7. The Balaban J connectivity index is 1.50. The Hall–Kier alpha value is -3.07. The molecule has 0 saturated carbocycles. The number of ketones is 1. The van der Waals surface area contributed by atoms with Gasteiger partial charge in [0.25, 0.3) is 0 Å². The molecule has 0 aliphatic rings. The summed E-state index contributed by atoms with van der Waals surface area (Å²) in [6.45, 7) is 2.53. The maximum Gasteiger partial charge on any atom is 0.200 e. The highest BCUT2D eigenvalue weighted by Gasteiger charge is 2.06. The Kier molecular flexibility index (Phi) is 5.47. The van der Waals surface area contributed by atoms with Crippen molar-refractivity contribution in [1.29, 1.82) is 0 Å². The number of carbonyl (C=O) groups is 1. The molecule has 0 amide bonds. The second kappa shape index (κ2) is 8.15. The van der Waals surface area contributed by atoms with E-state index in [0.29, 0.717) is 17.9 Å². The fourth-order valence-electron chi connectivity index (χ4n) is 2.34. The lowest BCUT2D eigenvalue weighted by Gasteiger charge is -2.09. The number of ether oxygens (including phenoxy) is 2. The molecular weight excluding hydrogens is 312 g/mol. The number of Topliss-reactive ketones (excluding diaryl/α,β-unsaturated/α-hetero) is 1. The van der Waals surface area contributed by atoms with E-state index in [1.165, 1.54) is 0 Å². The lowest BCUT2D eigenvalue weighted by Crippen LogP contribution is -2.11. The topological polar surface area (TPSA) is 35.5 Å². The largest absolute Gasteiger partial charge is 0.489 e. The van der Waals surface area contributed by atoms with Crippen LogP contribution in [0.4, 0.5) is 0 Å². The third kappa shape index (κ3) is 4.95. The molecule has 3 rings (SSSR count). The molecule has 0 atom stereocenters. The van der Waals surface area contributed by atoms with E-state index in [4.69, 9.17) is 9.47 Å². The molecule has 0 aliphatic carbocycles. The predicted octanol–water partition coefficient (Wildman–Crippen LogP) is 4.84. The molecule has 3 nitrogen and oxygen atoms in total. The van der Waals surface area contributed by atoms with Crippen LogP contribution in [-0.4, -0.2) is 12.4 Å². The van der Waals surface area contributed by atoms with Gasteiger partial charge >= 0.3 is 0 Å². The standard InChI is InChI=1S/C22H20O3/c1-17-7-9-19(10-8-17)22(23)16-25-21-13-11-20(12-14-21)24-15-18-5-3-2-4-6-18/h2-14H,15-16H2,1H3. The summed E-state index contributed by atoms with van der Waals surface area (Å²) in [5.74, 6) is 1.37. The summed E-state index contributed by atoms with van der Waals surface area (Å²) in [5.41, 5.74) is 2.91. The van der Waals surface area contributed by atoms with Crippen LogP contribution in [0.3, 0.4) is 0 Å². The Morgan fingerprint density at radius 3 is 2.00 bits per heavy atom. The first-order valence-corrected chi connectivity index (χ1v) is 8.20. The van der Waals surface area contributed by atoms with Crippen molar-refractivity contribution in [2.24, 2.45) is 0 Å². The highest BCUT2D eigenvalue weighted by atomic mass is 16.5. The van der Waals surface area contributed by atoms with E-state index in [-0.39, 0.29) is 12.4 Å². The predicted molar refractivity (Wildman–Crippen MR) is 98.2 cm³/mol. The minimum Gasteiger partial charge on any atom is -0.489 e. The van der Waals surface area contributed by atoms with Gasteiger partial charge in [-0.25, -0.2) is 0 Å². The summed E-state index contributed by atoms with van der Waals surface area (Å²) in [4.78, 5) is 12.1. The summed E-state index contributed by atoms with van der Waals surface area (Å²) in [5, 5.41) is 0. The van der Waals surface area contributed by atoms with E-state index in [0.717, 1.165) is 16.9 Å². The van der Waals surface area contributed by atoms with Crippen LogP contribution >= 0.6 is 0 Å². The van der Waals surface area contributed by atoms with Crippen molar-refractivity contribution in [3.05, 3.63) is 95.6 Å². The zero-order chi connectivity index (χ0) is 17.5. The zero-order valence-corrected chi connectivity index (χ0v) is 14.1. The number of benzene rings is 3. The lowest BCUT2D eigenvalue weighted by molar-refractivity contribution is 0.0921. The molecule has 3 aromatic carbocycles. The molecule has 0 aliphatic heterocycles. The van der Waals surface area contributed by atoms with Crippen molar-refractivity contribution < 1.29 is 14.3 Å². The van der Waals surface area contributed by atoms with Gasteiger partial charge in [0.05, 0.1) is 0 Å². The zero-order valence-electron chi connectivity index (χ0n) is 14.1. The fraction of sp³-hybridized carbons (Fsp3) is 0.136. The van der Waals surface area contributed by atoms with Gasteiger partial charge in [0.15, 0.2) is 12.4 Å². The fourth-order valence-corrected chi connectivity index (χ4v) is 2.34. The van der Waals surface area contributed by atoms with Gasteiger partial charge < -0.3 is 9.47 Å². The van der Waals surface area contributed by atoms with Gasteiger partial charge in [-0.15, -0.1) is 0 Å². The van der Waals surface area contributed by atoms with Crippen molar-refractivity contribution in [1.82, 2.24) is 0 Å². The summed E-state index contributed by atoms with van der Waals surface area (Å²) in [7, 11) is 0. The van der Waals surface area contributed by atoms with Crippen molar-refractivity contribution in [3.8, 4) is 11.5 Å². The van der Waals surface area contributed by atoms with Crippen molar-refractivity contribution in [3.63, 3.8) is 0 Å². The van der Waals surface area contributed by atoms with Gasteiger partial charge in [0.1, 0.15) is 18.1 Å². The average molecular weight is 332 g/mol. The molecule has 0 aromatic heterocycles. The number of hydrogen-bond acceptors (Lipinski definition) is 3. The highest BCUT2D eigenvalue weighted by molar-refractivity contribution is 5.97. The monoisotopic (exact) mass is 332 g/mol. The lowest BCUT2D eigenvalue weighted by atomic mass is 10.1. The summed E-state index contributed by atoms with van der Waals surface area (Å²) >= 11 is 0. The van der Waals surface area contributed by atoms with Crippen LogP contribution in [0.2, 0.25) is 0 Å². The molecule has 0 spiro atoms.